The van der Waals surface area contributed by atoms with E-state index in [4.69, 9.17) is 9.26 Å². The number of benzene rings is 2. The van der Waals surface area contributed by atoms with E-state index in [1.54, 1.807) is 24.1 Å². The molecule has 0 unspecified atom stereocenters. The Morgan fingerprint density at radius 3 is 2.49 bits per heavy atom. The van der Waals surface area contributed by atoms with Gasteiger partial charge in [0.25, 0.3) is 11.8 Å². The molecule has 2 amide bonds. The third kappa shape index (κ3) is 6.47. The van der Waals surface area contributed by atoms with E-state index in [-0.39, 0.29) is 42.2 Å². The molecule has 13 heteroatoms. The number of ether oxygens (including phenoxy) is 1. The molecule has 1 aliphatic heterocycles. The summed E-state index contributed by atoms with van der Waals surface area (Å²) in [5.41, 5.74) is 6.87. The second-order valence-electron chi connectivity index (χ2n) is 13.9. The predicted octanol–water partition coefficient (Wildman–Crippen LogP) is 5.77. The highest BCUT2D eigenvalue weighted by atomic mass is 32.2. The maximum absolute atomic E-state index is 14.0. The van der Waals surface area contributed by atoms with Gasteiger partial charge in [0.15, 0.2) is 5.69 Å². The Kier molecular flexibility index (Phi) is 9.55. The molecule has 3 heterocycles. The van der Waals surface area contributed by atoms with Gasteiger partial charge >= 0.3 is 10.2 Å². The molecule has 270 valence electrons. The van der Waals surface area contributed by atoms with Gasteiger partial charge in [-0.1, -0.05) is 30.5 Å². The highest BCUT2D eigenvalue weighted by Crippen LogP contribution is 2.50. The maximum atomic E-state index is 14.0. The zero-order chi connectivity index (χ0) is 36.0. The normalized spacial score (nSPS) is 16.4. The van der Waals surface area contributed by atoms with Crippen LogP contribution in [0, 0.1) is 0 Å². The van der Waals surface area contributed by atoms with E-state index in [0.717, 1.165) is 76.1 Å². The Hall–Kier alpha value is -4.46. The van der Waals surface area contributed by atoms with E-state index < -0.39 is 16.1 Å². The van der Waals surface area contributed by atoms with Crippen LogP contribution in [0.3, 0.4) is 0 Å². The Morgan fingerprint density at radius 1 is 1.06 bits per heavy atom. The topological polar surface area (TPSA) is 147 Å². The molecule has 2 aromatic carbocycles. The maximum Gasteiger partial charge on any atom is 0.303 e. The van der Waals surface area contributed by atoms with Crippen LogP contribution in [0.1, 0.15) is 107 Å². The molecule has 0 radical (unpaired) electrons. The molecule has 0 atom stereocenters. The Labute approximate surface area is 298 Å². The molecular formula is C38H45N5O7S. The van der Waals surface area contributed by atoms with E-state index >= 15 is 0 Å². The van der Waals surface area contributed by atoms with E-state index in [9.17, 15) is 23.1 Å². The van der Waals surface area contributed by atoms with Crippen LogP contribution >= 0.6 is 0 Å². The van der Waals surface area contributed by atoms with Crippen molar-refractivity contribution in [1.29, 1.82) is 0 Å². The standard InChI is InChI=1S/C38H45N5O7S/c1-5-42(17-18-44)38(46)34-33(36(50-39-34)24-11-12-24)27-19-26-20-28(49-4)14-16-29(26)35-32(23-9-7-6-8-10-23)30-15-13-25(21-31(30)43(35)22-27)37(45)40-51(47,48)41(2)3/h13-16,19-21,23-24,44H,5-12,17-18,22H2,1-4H3,(H,40,45). The quantitative estimate of drug-likeness (QED) is 0.199. The fourth-order valence-electron chi connectivity index (χ4n) is 7.66. The van der Waals surface area contributed by atoms with Crippen molar-refractivity contribution in [3.8, 4) is 17.0 Å². The van der Waals surface area contributed by atoms with E-state index in [2.05, 4.69) is 26.6 Å². The molecule has 2 aliphatic carbocycles. The average Bonchev–Trinajstić information content (AvgIpc) is 3.84. The average molecular weight is 716 g/mol. The zero-order valence-electron chi connectivity index (χ0n) is 29.6. The largest absolute Gasteiger partial charge is 0.497 e. The lowest BCUT2D eigenvalue weighted by atomic mass is 9.81. The first-order valence-electron chi connectivity index (χ1n) is 17.8. The SMILES string of the molecule is CCN(CCO)C(=O)c1noc(C2CC2)c1C1=Cc2cc(OC)ccc2-c2c(C3CCCCC3)c3ccc(C(=O)NS(=O)(=O)N(C)C)cc3n2C1. The Balaban J connectivity index is 1.48. The Morgan fingerprint density at radius 2 is 1.82 bits per heavy atom. The summed E-state index contributed by atoms with van der Waals surface area (Å²) >= 11 is 0. The Bertz CT molecular complexity index is 2140. The van der Waals surface area contributed by atoms with Crippen molar-refractivity contribution < 1.29 is 32.4 Å². The number of methoxy groups -OCH3 is 1. The number of carbonyl (C=O) groups excluding carboxylic acids is 2. The van der Waals surface area contributed by atoms with Crippen LogP contribution in [-0.2, 0) is 16.8 Å². The smallest absolute Gasteiger partial charge is 0.303 e. The van der Waals surface area contributed by atoms with Crippen molar-refractivity contribution in [1.82, 2.24) is 23.7 Å². The number of nitrogens with one attached hydrogen (secondary N) is 1. The molecule has 12 nitrogen and oxygen atoms in total. The fourth-order valence-corrected chi connectivity index (χ4v) is 8.19. The van der Waals surface area contributed by atoms with Crippen LogP contribution in [0.2, 0.25) is 0 Å². The molecule has 7 rings (SSSR count). The van der Waals surface area contributed by atoms with Crippen molar-refractivity contribution in [3.05, 3.63) is 70.1 Å². The second-order valence-corrected chi connectivity index (χ2v) is 15.8. The minimum Gasteiger partial charge on any atom is -0.497 e. The summed E-state index contributed by atoms with van der Waals surface area (Å²) in [7, 11) is 0.356. The van der Waals surface area contributed by atoms with Crippen molar-refractivity contribution >= 4 is 44.6 Å². The first-order valence-corrected chi connectivity index (χ1v) is 19.2. The van der Waals surface area contributed by atoms with Crippen LogP contribution in [0.15, 0.2) is 40.9 Å². The van der Waals surface area contributed by atoms with E-state index in [0.29, 0.717) is 30.2 Å². The molecule has 2 aromatic heterocycles. The number of nitrogens with zero attached hydrogens (tertiary/aromatic N) is 4. The number of carbonyl (C=O) groups is 2. The molecular weight excluding hydrogens is 671 g/mol. The number of aromatic nitrogens is 2. The van der Waals surface area contributed by atoms with Crippen LogP contribution in [0.5, 0.6) is 5.75 Å². The number of hydrogen-bond acceptors (Lipinski definition) is 8. The first kappa shape index (κ1) is 35.0. The van der Waals surface area contributed by atoms with Crippen molar-refractivity contribution in [2.45, 2.75) is 70.3 Å². The number of hydrogen-bond donors (Lipinski definition) is 2. The minimum atomic E-state index is -4.02. The van der Waals surface area contributed by atoms with Crippen LogP contribution in [0.4, 0.5) is 0 Å². The summed E-state index contributed by atoms with van der Waals surface area (Å²) in [6.45, 7) is 2.60. The molecule has 4 aromatic rings. The highest BCUT2D eigenvalue weighted by molar-refractivity contribution is 7.87. The van der Waals surface area contributed by atoms with Crippen molar-refractivity contribution in [2.24, 2.45) is 0 Å². The number of amides is 2. The third-order valence-corrected chi connectivity index (χ3v) is 11.9. The predicted molar refractivity (Wildman–Crippen MR) is 195 cm³/mol. The minimum absolute atomic E-state index is 0.142. The summed E-state index contributed by atoms with van der Waals surface area (Å²) in [4.78, 5) is 29.0. The van der Waals surface area contributed by atoms with Gasteiger partial charge in [0, 0.05) is 61.7 Å². The van der Waals surface area contributed by atoms with E-state index in [1.165, 1.54) is 26.1 Å². The monoisotopic (exact) mass is 715 g/mol. The van der Waals surface area contributed by atoms with Gasteiger partial charge in [-0.25, -0.2) is 4.72 Å². The van der Waals surface area contributed by atoms with Gasteiger partial charge in [0.2, 0.25) is 0 Å². The van der Waals surface area contributed by atoms with Crippen LogP contribution in [-0.4, -0.2) is 85.2 Å². The molecule has 0 spiro atoms. The van der Waals surface area contributed by atoms with E-state index in [1.807, 2.05) is 25.1 Å². The van der Waals surface area contributed by atoms with Gasteiger partial charge in [-0.05, 0) is 91.6 Å². The molecule has 51 heavy (non-hydrogen) atoms. The van der Waals surface area contributed by atoms with Gasteiger partial charge in [-0.15, -0.1) is 0 Å². The number of aliphatic hydroxyl groups excluding tert-OH is 1. The summed E-state index contributed by atoms with van der Waals surface area (Å²) < 4.78 is 42.3. The zero-order valence-corrected chi connectivity index (χ0v) is 30.4. The number of fused-ring (bicyclic) bond motifs is 5. The molecule has 2 fully saturated rings. The van der Waals surface area contributed by atoms with Crippen molar-refractivity contribution in [3.63, 3.8) is 0 Å². The lowest BCUT2D eigenvalue weighted by Crippen LogP contribution is -2.39. The van der Waals surface area contributed by atoms with Gasteiger partial charge in [0.1, 0.15) is 11.5 Å². The van der Waals surface area contributed by atoms with Gasteiger partial charge < -0.3 is 23.8 Å². The molecule has 2 N–H and O–H groups in total. The fraction of sp³-hybridized carbons (Fsp3) is 0.447. The number of aliphatic hydroxyl groups is 1. The number of rotatable bonds is 11. The van der Waals surface area contributed by atoms with Gasteiger partial charge in [-0.2, -0.15) is 12.7 Å². The van der Waals surface area contributed by atoms with Crippen LogP contribution < -0.4 is 9.46 Å². The number of allylic oxidation sites excluding steroid dienone is 1. The summed E-state index contributed by atoms with van der Waals surface area (Å²) in [5.74, 6) is 0.766. The van der Waals surface area contributed by atoms with Crippen molar-refractivity contribution in [2.75, 3.05) is 40.9 Å². The molecule has 0 saturated heterocycles. The third-order valence-electron chi connectivity index (χ3n) is 10.5. The van der Waals surface area contributed by atoms with Gasteiger partial charge in [-0.3, -0.25) is 9.59 Å². The lowest BCUT2D eigenvalue weighted by Gasteiger charge is -2.24. The highest BCUT2D eigenvalue weighted by Gasteiger charge is 2.38. The summed E-state index contributed by atoms with van der Waals surface area (Å²) in [5, 5.41) is 15.1. The molecule has 0 bridgehead atoms. The van der Waals surface area contributed by atoms with Gasteiger partial charge in [0.05, 0.1) is 25.0 Å². The van der Waals surface area contributed by atoms with Crippen LogP contribution in [0.25, 0.3) is 33.8 Å². The second kappa shape index (κ2) is 13.9. The molecule has 2 saturated carbocycles. The first-order chi connectivity index (χ1) is 24.6. The number of likely N-dealkylation sites (N-methyl/N-ethyl adjacent to an activating group) is 1. The molecule has 3 aliphatic rings. The summed E-state index contributed by atoms with van der Waals surface area (Å²) in [6.07, 6.45) is 9.46. The lowest BCUT2D eigenvalue weighted by molar-refractivity contribution is 0.0721. The summed E-state index contributed by atoms with van der Waals surface area (Å²) in [6, 6.07) is 11.5.